The van der Waals surface area contributed by atoms with Gasteiger partial charge in [-0.3, -0.25) is 14.6 Å². The molecule has 0 N–H and O–H groups in total. The third-order valence-corrected chi connectivity index (χ3v) is 5.34. The lowest BCUT2D eigenvalue weighted by molar-refractivity contribution is -0.123. The van der Waals surface area contributed by atoms with E-state index in [4.69, 9.17) is 9.26 Å². The minimum atomic E-state index is -0.895. The van der Waals surface area contributed by atoms with Crippen molar-refractivity contribution in [1.29, 1.82) is 0 Å². The molecule has 2 amide bonds. The minimum absolute atomic E-state index is 0.0685. The molecule has 2 aliphatic rings. The molecule has 0 bridgehead atoms. The van der Waals surface area contributed by atoms with Gasteiger partial charge in [0.2, 0.25) is 11.7 Å². The monoisotopic (exact) mass is 418 g/mol. The summed E-state index contributed by atoms with van der Waals surface area (Å²) in [7, 11) is 1.55. The lowest BCUT2D eigenvalue weighted by Crippen LogP contribution is -2.39. The summed E-state index contributed by atoms with van der Waals surface area (Å²) in [4.78, 5) is 31.4. The molecule has 3 aromatic rings. The number of nitrogens with zero attached hydrogens (tertiary/aromatic N) is 6. The van der Waals surface area contributed by atoms with Crippen LogP contribution in [-0.2, 0) is 16.1 Å². The number of fused-ring (bicyclic) bond motifs is 1. The standard InChI is InChI=1S/C21H18N6O4/c1-12-5-3-4-6-15(12)19-22-16(31-24-19)11-26-18-17(23-25-26)20(28)27(21(18)29)13-7-9-14(30-2)10-8-13/h3-10,17-18H,11H2,1-2H3. The van der Waals surface area contributed by atoms with E-state index in [2.05, 4.69) is 20.5 Å². The van der Waals surface area contributed by atoms with Gasteiger partial charge in [-0.25, -0.2) is 4.90 Å². The molecule has 156 valence electrons. The van der Waals surface area contributed by atoms with E-state index in [1.54, 1.807) is 31.4 Å². The van der Waals surface area contributed by atoms with Crippen LogP contribution >= 0.6 is 0 Å². The van der Waals surface area contributed by atoms with Crippen LogP contribution in [0.25, 0.3) is 11.4 Å². The summed E-state index contributed by atoms with van der Waals surface area (Å²) in [6.45, 7) is 2.03. The highest BCUT2D eigenvalue weighted by Crippen LogP contribution is 2.33. The van der Waals surface area contributed by atoms with Crippen molar-refractivity contribution in [3.63, 3.8) is 0 Å². The number of ether oxygens (including phenoxy) is 1. The fourth-order valence-electron chi connectivity index (χ4n) is 3.73. The fraction of sp³-hybridized carbons (Fsp3) is 0.238. The van der Waals surface area contributed by atoms with Crippen LogP contribution in [0.5, 0.6) is 5.75 Å². The first-order valence-corrected chi connectivity index (χ1v) is 9.64. The summed E-state index contributed by atoms with van der Waals surface area (Å²) in [5.41, 5.74) is 2.33. The molecule has 2 aromatic carbocycles. The fourth-order valence-corrected chi connectivity index (χ4v) is 3.73. The van der Waals surface area contributed by atoms with Crippen LogP contribution in [-0.4, -0.2) is 46.2 Å². The Morgan fingerprint density at radius 3 is 2.58 bits per heavy atom. The molecule has 5 rings (SSSR count). The van der Waals surface area contributed by atoms with E-state index in [1.165, 1.54) is 5.01 Å². The van der Waals surface area contributed by atoms with E-state index in [0.29, 0.717) is 17.3 Å². The molecule has 1 fully saturated rings. The molecule has 0 radical (unpaired) electrons. The number of hydrogen-bond acceptors (Lipinski definition) is 9. The van der Waals surface area contributed by atoms with Crippen molar-refractivity contribution in [2.24, 2.45) is 10.3 Å². The molecule has 31 heavy (non-hydrogen) atoms. The maximum atomic E-state index is 13.1. The predicted molar refractivity (Wildman–Crippen MR) is 108 cm³/mol. The molecule has 0 spiro atoms. The normalized spacial score (nSPS) is 19.9. The first-order chi connectivity index (χ1) is 15.1. The zero-order chi connectivity index (χ0) is 21.5. The second-order valence-electron chi connectivity index (χ2n) is 7.23. The van der Waals surface area contributed by atoms with Crippen molar-refractivity contribution in [3.05, 3.63) is 60.0 Å². The molecule has 10 nitrogen and oxygen atoms in total. The first-order valence-electron chi connectivity index (χ1n) is 9.64. The number of methoxy groups -OCH3 is 1. The Morgan fingerprint density at radius 2 is 1.84 bits per heavy atom. The van der Waals surface area contributed by atoms with Crippen LogP contribution in [0.2, 0.25) is 0 Å². The van der Waals surface area contributed by atoms with Crippen LogP contribution < -0.4 is 9.64 Å². The summed E-state index contributed by atoms with van der Waals surface area (Å²) in [6.07, 6.45) is 0. The number of amides is 2. The van der Waals surface area contributed by atoms with E-state index < -0.39 is 23.9 Å². The smallest absolute Gasteiger partial charge is 0.263 e. The summed E-state index contributed by atoms with van der Waals surface area (Å²) < 4.78 is 10.5. The number of aromatic nitrogens is 2. The van der Waals surface area contributed by atoms with Gasteiger partial charge < -0.3 is 9.26 Å². The lowest BCUT2D eigenvalue weighted by Gasteiger charge is -2.19. The van der Waals surface area contributed by atoms with Gasteiger partial charge in [0.25, 0.3) is 11.8 Å². The number of carbonyl (C=O) groups excluding carboxylic acids is 2. The van der Waals surface area contributed by atoms with Crippen LogP contribution in [0.1, 0.15) is 11.5 Å². The Labute approximate surface area is 177 Å². The van der Waals surface area contributed by atoms with Gasteiger partial charge >= 0.3 is 0 Å². The molecular weight excluding hydrogens is 400 g/mol. The highest BCUT2D eigenvalue weighted by atomic mass is 16.5. The third-order valence-electron chi connectivity index (χ3n) is 5.34. The SMILES string of the molecule is COc1ccc(N2C(=O)C3N=NN(Cc4nc(-c5ccccc5C)no4)C3C2=O)cc1. The van der Waals surface area contributed by atoms with E-state index in [1.807, 2.05) is 31.2 Å². The molecule has 3 heterocycles. The molecule has 1 aromatic heterocycles. The van der Waals surface area contributed by atoms with Crippen molar-refractivity contribution in [2.75, 3.05) is 12.0 Å². The molecule has 2 unspecified atom stereocenters. The first kappa shape index (κ1) is 18.9. The Morgan fingerprint density at radius 1 is 1.06 bits per heavy atom. The molecule has 2 aliphatic heterocycles. The molecule has 0 saturated carbocycles. The summed E-state index contributed by atoms with van der Waals surface area (Å²) in [5.74, 6) is 0.544. The highest BCUT2D eigenvalue weighted by Gasteiger charge is 2.55. The molecule has 1 saturated heterocycles. The van der Waals surface area contributed by atoms with E-state index in [0.717, 1.165) is 16.0 Å². The van der Waals surface area contributed by atoms with Gasteiger partial charge in [0.15, 0.2) is 12.1 Å². The third kappa shape index (κ3) is 3.12. The number of benzene rings is 2. The summed E-state index contributed by atoms with van der Waals surface area (Å²) >= 11 is 0. The average Bonchev–Trinajstić information content (AvgIpc) is 3.47. The van der Waals surface area contributed by atoms with Gasteiger partial charge in [-0.2, -0.15) is 10.1 Å². The zero-order valence-corrected chi connectivity index (χ0v) is 16.8. The van der Waals surface area contributed by atoms with Crippen molar-refractivity contribution >= 4 is 17.5 Å². The molecule has 10 heteroatoms. The summed E-state index contributed by atoms with van der Waals surface area (Å²) in [6, 6.07) is 12.6. The van der Waals surface area contributed by atoms with Crippen molar-refractivity contribution < 1.29 is 18.8 Å². The average molecular weight is 418 g/mol. The summed E-state index contributed by atoms with van der Waals surface area (Å²) in [5, 5.41) is 13.5. The molecule has 0 aliphatic carbocycles. The Hall–Kier alpha value is -4.08. The maximum Gasteiger partial charge on any atom is 0.263 e. The van der Waals surface area contributed by atoms with Crippen LogP contribution in [0, 0.1) is 6.92 Å². The Kier molecular flexibility index (Phi) is 4.46. The number of imide groups is 1. The van der Waals surface area contributed by atoms with Crippen molar-refractivity contribution in [3.8, 4) is 17.1 Å². The molecular formula is C21H18N6O4. The van der Waals surface area contributed by atoms with E-state index in [-0.39, 0.29) is 12.4 Å². The number of aryl methyl sites for hydroxylation is 1. The number of carbonyl (C=O) groups is 2. The second-order valence-corrected chi connectivity index (χ2v) is 7.23. The highest BCUT2D eigenvalue weighted by molar-refractivity contribution is 6.25. The van der Waals surface area contributed by atoms with Crippen molar-refractivity contribution in [2.45, 2.75) is 25.6 Å². The van der Waals surface area contributed by atoms with Gasteiger partial charge in [-0.05, 0) is 36.8 Å². The van der Waals surface area contributed by atoms with Gasteiger partial charge in [0.1, 0.15) is 12.3 Å². The van der Waals surface area contributed by atoms with Gasteiger partial charge in [-0.15, -0.1) is 0 Å². The van der Waals surface area contributed by atoms with Crippen LogP contribution in [0.15, 0.2) is 63.4 Å². The lowest BCUT2D eigenvalue weighted by atomic mass is 10.1. The maximum absolute atomic E-state index is 13.1. The number of anilines is 1. The zero-order valence-electron chi connectivity index (χ0n) is 16.8. The predicted octanol–water partition coefficient (Wildman–Crippen LogP) is 2.55. The van der Waals surface area contributed by atoms with Gasteiger partial charge in [-0.1, -0.05) is 34.6 Å². The van der Waals surface area contributed by atoms with Gasteiger partial charge in [0, 0.05) is 5.56 Å². The van der Waals surface area contributed by atoms with E-state index >= 15 is 0 Å². The van der Waals surface area contributed by atoms with E-state index in [9.17, 15) is 9.59 Å². The minimum Gasteiger partial charge on any atom is -0.497 e. The second kappa shape index (κ2) is 7.31. The van der Waals surface area contributed by atoms with Crippen LogP contribution in [0.3, 0.4) is 0 Å². The number of hydrogen-bond donors (Lipinski definition) is 0. The number of rotatable bonds is 5. The van der Waals surface area contributed by atoms with Crippen molar-refractivity contribution in [1.82, 2.24) is 15.1 Å². The van der Waals surface area contributed by atoms with Crippen LogP contribution in [0.4, 0.5) is 5.69 Å². The Bertz CT molecular complexity index is 1190. The largest absolute Gasteiger partial charge is 0.497 e. The Balaban J connectivity index is 1.36. The molecule has 2 atom stereocenters. The topological polar surface area (TPSA) is 113 Å². The van der Waals surface area contributed by atoms with Gasteiger partial charge in [0.05, 0.1) is 12.8 Å². The quantitative estimate of drug-likeness (QED) is 0.585.